The van der Waals surface area contributed by atoms with E-state index < -0.39 is 33.6 Å². The number of carbonyl (C=O) groups is 3. The van der Waals surface area contributed by atoms with E-state index in [1.54, 1.807) is 37.8 Å². The van der Waals surface area contributed by atoms with Crippen LogP contribution in [-0.4, -0.2) is 62.6 Å². The lowest BCUT2D eigenvalue weighted by Gasteiger charge is -2.38. The Labute approximate surface area is 210 Å². The summed E-state index contributed by atoms with van der Waals surface area (Å²) in [6.45, 7) is 13.0. The number of alkyl carbamates (subject to hydrolysis) is 1. The lowest BCUT2D eigenvalue weighted by atomic mass is 10.0. The molecule has 0 aliphatic carbocycles. The van der Waals surface area contributed by atoms with Crippen LogP contribution < -0.4 is 10.6 Å². The Bertz CT molecular complexity index is 942. The number of non-ortho nitro benzene ring substituents is 1. The van der Waals surface area contributed by atoms with Crippen LogP contribution in [0, 0.1) is 16.0 Å². The second-order valence-electron chi connectivity index (χ2n) is 10.3. The van der Waals surface area contributed by atoms with E-state index >= 15 is 0 Å². The fraction of sp³-hybridized carbons (Fsp3) is 0.625. The van der Waals surface area contributed by atoms with Crippen molar-refractivity contribution < 1.29 is 24.0 Å². The van der Waals surface area contributed by atoms with Crippen LogP contribution in [0.15, 0.2) is 24.3 Å². The van der Waals surface area contributed by atoms with Gasteiger partial charge in [-0.2, -0.15) is 0 Å². The Balaban J connectivity index is 2.08. The van der Waals surface area contributed by atoms with Crippen LogP contribution in [0.1, 0.15) is 54.0 Å². The van der Waals surface area contributed by atoms with E-state index in [4.69, 9.17) is 4.74 Å². The number of carbonyl (C=O) groups excluding carboxylic acids is 3. The number of benzene rings is 1. The molecule has 1 fully saturated rings. The van der Waals surface area contributed by atoms with Crippen molar-refractivity contribution >= 4 is 35.4 Å². The minimum Gasteiger partial charge on any atom is -0.444 e. The predicted molar refractivity (Wildman–Crippen MR) is 135 cm³/mol. The molecule has 1 aliphatic rings. The summed E-state index contributed by atoms with van der Waals surface area (Å²) in [6.07, 6.45) is -0.186. The second kappa shape index (κ2) is 11.3. The number of nitro benzene ring substituents is 1. The zero-order valence-electron chi connectivity index (χ0n) is 21.4. The van der Waals surface area contributed by atoms with Crippen molar-refractivity contribution in [3.63, 3.8) is 0 Å². The maximum Gasteiger partial charge on any atom is 0.408 e. The molecule has 0 spiro atoms. The van der Waals surface area contributed by atoms with Crippen molar-refractivity contribution in [2.24, 2.45) is 5.92 Å². The average molecular weight is 509 g/mol. The van der Waals surface area contributed by atoms with Crippen molar-refractivity contribution in [1.29, 1.82) is 0 Å². The van der Waals surface area contributed by atoms with Gasteiger partial charge in [-0.15, -0.1) is 11.8 Å². The summed E-state index contributed by atoms with van der Waals surface area (Å²) >= 11 is 1.50. The summed E-state index contributed by atoms with van der Waals surface area (Å²) in [6, 6.07) is 4.63. The Hall–Kier alpha value is -2.82. The predicted octanol–water partition coefficient (Wildman–Crippen LogP) is 3.48. The van der Waals surface area contributed by atoms with Crippen molar-refractivity contribution in [2.75, 3.05) is 12.3 Å². The summed E-state index contributed by atoms with van der Waals surface area (Å²) in [5.74, 6) is -0.406. The Morgan fingerprint density at radius 2 is 1.83 bits per heavy atom. The van der Waals surface area contributed by atoms with Crippen LogP contribution in [0.5, 0.6) is 0 Å². The Kier molecular flexibility index (Phi) is 9.16. The van der Waals surface area contributed by atoms with Gasteiger partial charge < -0.3 is 20.3 Å². The Morgan fingerprint density at radius 3 is 2.34 bits per heavy atom. The highest BCUT2D eigenvalue weighted by atomic mass is 32.2. The number of hydrogen-bond acceptors (Lipinski definition) is 7. The molecule has 0 bridgehead atoms. The highest BCUT2D eigenvalue weighted by Gasteiger charge is 2.48. The van der Waals surface area contributed by atoms with Gasteiger partial charge in [0.2, 0.25) is 11.8 Å². The van der Waals surface area contributed by atoms with E-state index in [0.717, 1.165) is 5.56 Å². The minimum atomic E-state index is -0.849. The number of rotatable bonds is 8. The molecule has 1 aliphatic heterocycles. The first kappa shape index (κ1) is 28.4. The van der Waals surface area contributed by atoms with Crippen LogP contribution in [0.4, 0.5) is 10.5 Å². The first-order chi connectivity index (χ1) is 16.1. The fourth-order valence-electron chi connectivity index (χ4n) is 3.74. The summed E-state index contributed by atoms with van der Waals surface area (Å²) in [5.41, 5.74) is 0.159. The molecule has 3 amide bonds. The third-order valence-corrected chi connectivity index (χ3v) is 6.88. The van der Waals surface area contributed by atoms with Crippen molar-refractivity contribution in [3.8, 4) is 0 Å². The fourth-order valence-corrected chi connectivity index (χ4v) is 4.97. The van der Waals surface area contributed by atoms with E-state index in [1.807, 2.05) is 27.7 Å². The highest BCUT2D eigenvalue weighted by Crippen LogP contribution is 2.39. The molecule has 2 N–H and O–H groups in total. The number of thioether (sulfide) groups is 1. The molecule has 0 unspecified atom stereocenters. The van der Waals surface area contributed by atoms with Gasteiger partial charge in [0.05, 0.1) is 9.79 Å². The molecule has 35 heavy (non-hydrogen) atoms. The SMILES string of the molecule is CC(C)[C@H](NC(=O)OC(C)(C)C)C(=O)N1[C@@H](C(=O)NCCc2ccc([N+](=O)[O-])cc2)CSC1(C)C. The summed E-state index contributed by atoms with van der Waals surface area (Å²) in [5, 5.41) is 16.4. The monoisotopic (exact) mass is 508 g/mol. The smallest absolute Gasteiger partial charge is 0.408 e. The third-order valence-electron chi connectivity index (χ3n) is 5.49. The quantitative estimate of drug-likeness (QED) is 0.406. The third kappa shape index (κ3) is 7.84. The number of amides is 3. The molecule has 0 aromatic heterocycles. The van der Waals surface area contributed by atoms with Crippen LogP contribution in [0.2, 0.25) is 0 Å². The molecule has 1 aromatic rings. The van der Waals surface area contributed by atoms with E-state index in [1.165, 1.54) is 23.9 Å². The van der Waals surface area contributed by atoms with E-state index in [9.17, 15) is 24.5 Å². The normalized spacial score (nSPS) is 18.2. The summed E-state index contributed by atoms with van der Waals surface area (Å²) in [7, 11) is 0. The van der Waals surface area contributed by atoms with Crippen LogP contribution in [0.25, 0.3) is 0 Å². The Morgan fingerprint density at radius 1 is 1.23 bits per heavy atom. The summed E-state index contributed by atoms with van der Waals surface area (Å²) in [4.78, 5) is 50.3. The molecular weight excluding hydrogens is 472 g/mol. The van der Waals surface area contributed by atoms with E-state index in [2.05, 4.69) is 10.6 Å². The van der Waals surface area contributed by atoms with Crippen LogP contribution in [0.3, 0.4) is 0 Å². The number of nitrogens with one attached hydrogen (secondary N) is 2. The molecule has 1 aromatic carbocycles. The van der Waals surface area contributed by atoms with E-state index in [-0.39, 0.29) is 23.4 Å². The van der Waals surface area contributed by atoms with Crippen LogP contribution in [-0.2, 0) is 20.7 Å². The van der Waals surface area contributed by atoms with Crippen molar-refractivity contribution in [1.82, 2.24) is 15.5 Å². The van der Waals surface area contributed by atoms with Gasteiger partial charge in [0.1, 0.15) is 17.7 Å². The van der Waals surface area contributed by atoms with Crippen molar-refractivity contribution in [3.05, 3.63) is 39.9 Å². The van der Waals surface area contributed by atoms with Gasteiger partial charge in [0.15, 0.2) is 0 Å². The molecule has 2 atom stereocenters. The van der Waals surface area contributed by atoms with Gasteiger partial charge in [-0.25, -0.2) is 4.79 Å². The van der Waals surface area contributed by atoms with E-state index in [0.29, 0.717) is 18.7 Å². The lowest BCUT2D eigenvalue weighted by Crippen LogP contribution is -2.60. The van der Waals surface area contributed by atoms with Gasteiger partial charge in [-0.05, 0) is 52.5 Å². The molecule has 1 saturated heterocycles. The average Bonchev–Trinajstić information content (AvgIpc) is 3.05. The van der Waals surface area contributed by atoms with Crippen molar-refractivity contribution in [2.45, 2.75) is 77.4 Å². The maximum atomic E-state index is 13.6. The number of ether oxygens (including phenoxy) is 1. The molecule has 0 saturated carbocycles. The zero-order valence-corrected chi connectivity index (χ0v) is 22.2. The minimum absolute atomic E-state index is 0.0110. The topological polar surface area (TPSA) is 131 Å². The molecule has 10 nitrogen and oxygen atoms in total. The molecule has 0 radical (unpaired) electrons. The van der Waals surface area contributed by atoms with Gasteiger partial charge in [0.25, 0.3) is 5.69 Å². The summed E-state index contributed by atoms with van der Waals surface area (Å²) < 4.78 is 5.33. The molecule has 1 heterocycles. The second-order valence-corrected chi connectivity index (χ2v) is 11.9. The highest BCUT2D eigenvalue weighted by molar-refractivity contribution is 8.00. The first-order valence-electron chi connectivity index (χ1n) is 11.6. The zero-order chi connectivity index (χ0) is 26.6. The molecular formula is C24H36N4O6S. The van der Waals surface area contributed by atoms with Gasteiger partial charge >= 0.3 is 6.09 Å². The molecule has 2 rings (SSSR count). The largest absolute Gasteiger partial charge is 0.444 e. The van der Waals surface area contributed by atoms with Crippen LogP contribution >= 0.6 is 11.8 Å². The number of nitro groups is 1. The maximum absolute atomic E-state index is 13.6. The number of nitrogens with zero attached hydrogens (tertiary/aromatic N) is 2. The lowest BCUT2D eigenvalue weighted by molar-refractivity contribution is -0.384. The van der Waals surface area contributed by atoms with Gasteiger partial charge in [0, 0.05) is 24.4 Å². The molecule has 194 valence electrons. The standard InChI is InChI=1S/C24H36N4O6S/c1-15(2)19(26-22(31)34-23(3,4)5)21(30)27-18(14-35-24(27,6)7)20(29)25-13-12-16-8-10-17(11-9-16)28(32)33/h8-11,15,18-19H,12-14H2,1-7H3,(H,25,29)(H,26,31)/t18-,19+/m1/s1. The number of hydrogen-bond donors (Lipinski definition) is 2. The van der Waals surface area contributed by atoms with Gasteiger partial charge in [-0.3, -0.25) is 19.7 Å². The molecule has 11 heteroatoms. The van der Waals surface area contributed by atoms with Gasteiger partial charge in [-0.1, -0.05) is 26.0 Å². The first-order valence-corrected chi connectivity index (χ1v) is 12.6.